The van der Waals surface area contributed by atoms with Crippen LogP contribution >= 0.6 is 35.6 Å². The van der Waals surface area contributed by atoms with Crippen molar-refractivity contribution in [2.45, 2.75) is 269 Å². The topological polar surface area (TPSA) is 0 Å². The minimum atomic E-state index is -2.79. The Labute approximate surface area is 433 Å². The Balaban J connectivity index is 1.51. The molecule has 0 amide bonds. The Kier molecular flexibility index (Phi) is 19.8. The molecule has 1 saturated heterocycles. The van der Waals surface area contributed by atoms with Crippen LogP contribution in [0.15, 0.2) is 24.3 Å². The third kappa shape index (κ3) is 14.4. The summed E-state index contributed by atoms with van der Waals surface area (Å²) in [5.41, 5.74) is 15.0. The third-order valence-corrected chi connectivity index (χ3v) is 96.8. The summed E-state index contributed by atoms with van der Waals surface area (Å²) in [7, 11) is 0.0344. The van der Waals surface area contributed by atoms with Gasteiger partial charge in [-0.05, 0) is 0 Å². The number of hydrogen-bond acceptors (Lipinski definition) is 4. The summed E-state index contributed by atoms with van der Waals surface area (Å²) in [6.07, 6.45) is 24.4. The van der Waals surface area contributed by atoms with Gasteiger partial charge in [0.2, 0.25) is 0 Å². The van der Waals surface area contributed by atoms with E-state index in [1.165, 1.54) is 118 Å². The maximum absolute atomic E-state index is 2.99. The van der Waals surface area contributed by atoms with E-state index in [2.05, 4.69) is 178 Å². The van der Waals surface area contributed by atoms with Crippen molar-refractivity contribution in [1.29, 1.82) is 0 Å². The van der Waals surface area contributed by atoms with E-state index >= 15 is 0 Å². The molecule has 11 heteroatoms. The van der Waals surface area contributed by atoms with Crippen LogP contribution in [0, 0.1) is 0 Å². The van der Waals surface area contributed by atoms with Crippen molar-refractivity contribution in [1.82, 2.24) is 0 Å². The second-order valence-corrected chi connectivity index (χ2v) is 96.4. The first kappa shape index (κ1) is 57.2. The van der Waals surface area contributed by atoms with Crippen LogP contribution in [0.2, 0.25) is 127 Å². The predicted octanol–water partition coefficient (Wildman–Crippen LogP) is 21.3. The zero-order chi connectivity index (χ0) is 48.7. The van der Waals surface area contributed by atoms with Crippen molar-refractivity contribution >= 4 is 99.7 Å². The fourth-order valence-corrected chi connectivity index (χ4v) is 126. The van der Waals surface area contributed by atoms with E-state index in [4.69, 9.17) is 0 Å². The fourth-order valence-electron chi connectivity index (χ4n) is 15.8. The molecule has 0 unspecified atom stereocenters. The second-order valence-electron chi connectivity index (χ2n) is 29.1. The molecule has 6 rings (SSSR count). The van der Waals surface area contributed by atoms with Crippen LogP contribution in [0.4, 0.5) is 0 Å². The van der Waals surface area contributed by atoms with Gasteiger partial charge in [-0.25, -0.2) is 0 Å². The van der Waals surface area contributed by atoms with Gasteiger partial charge in [0.1, 0.15) is 0 Å². The van der Waals surface area contributed by atoms with E-state index in [9.17, 15) is 0 Å². The molecular formula is C55H102S4Si6Sn. The van der Waals surface area contributed by atoms with Gasteiger partial charge < -0.3 is 0 Å². The van der Waals surface area contributed by atoms with Gasteiger partial charge in [0, 0.05) is 0 Å². The van der Waals surface area contributed by atoms with Crippen molar-refractivity contribution in [3.8, 4) is 0 Å². The number of hydrogen-bond donors (Lipinski definition) is 0. The Bertz CT molecular complexity index is 1770. The summed E-state index contributed by atoms with van der Waals surface area (Å²) in [5.74, 6) is 2.42. The summed E-state index contributed by atoms with van der Waals surface area (Å²) in [6, 6.07) is 11.8. The molecule has 4 fully saturated rings. The zero-order valence-electron chi connectivity index (χ0n) is 46.3. The molecule has 1 aliphatic heterocycles. The van der Waals surface area contributed by atoms with Crippen LogP contribution < -0.4 is 0 Å². The molecule has 0 bridgehead atoms. The minimum absolute atomic E-state index is 0.782. The normalized spacial score (nSPS) is 20.6. The molecule has 2 aromatic carbocycles. The van der Waals surface area contributed by atoms with E-state index < -0.39 is 64.1 Å². The Morgan fingerprint density at radius 3 is 1.06 bits per heavy atom. The molecule has 1 heterocycles. The van der Waals surface area contributed by atoms with Crippen LogP contribution in [0.1, 0.15) is 174 Å². The molecular weight excluding hydrogens is 1080 g/mol. The van der Waals surface area contributed by atoms with Gasteiger partial charge in [-0.3, -0.25) is 0 Å². The molecule has 0 radical (unpaired) electrons. The molecule has 2 aromatic rings. The van der Waals surface area contributed by atoms with Crippen molar-refractivity contribution in [3.63, 3.8) is 0 Å². The average Bonchev–Trinajstić information content (AvgIpc) is 3.66. The molecule has 66 heavy (non-hydrogen) atoms. The quantitative estimate of drug-likeness (QED) is 0.108. The van der Waals surface area contributed by atoms with E-state index in [1.807, 2.05) is 33.4 Å². The molecule has 0 N–H and O–H groups in total. The van der Waals surface area contributed by atoms with Crippen molar-refractivity contribution in [2.24, 2.45) is 0 Å². The molecule has 4 aliphatic rings. The maximum atomic E-state index is 2.99. The second kappa shape index (κ2) is 22.8. The van der Waals surface area contributed by atoms with Crippen LogP contribution in [0.5, 0.6) is 0 Å². The van der Waals surface area contributed by atoms with E-state index in [0.717, 1.165) is 33.2 Å². The van der Waals surface area contributed by atoms with Gasteiger partial charge in [-0.1, -0.05) is 0 Å². The fraction of sp³-hybridized carbons (Fsp3) is 0.782. The molecule has 0 aromatic heterocycles. The predicted molar refractivity (Wildman–Crippen MR) is 332 cm³/mol. The van der Waals surface area contributed by atoms with Gasteiger partial charge in [0.25, 0.3) is 0 Å². The molecule has 0 spiro atoms. The molecule has 0 atom stereocenters. The summed E-state index contributed by atoms with van der Waals surface area (Å²) < 4.78 is 3.04. The van der Waals surface area contributed by atoms with Gasteiger partial charge in [-0.2, -0.15) is 0 Å². The molecule has 0 nitrogen and oxygen atoms in total. The third-order valence-electron chi connectivity index (χ3n) is 16.9. The van der Waals surface area contributed by atoms with Crippen molar-refractivity contribution in [2.75, 3.05) is 0 Å². The van der Waals surface area contributed by atoms with Gasteiger partial charge in [-0.15, -0.1) is 0 Å². The summed E-state index contributed by atoms with van der Waals surface area (Å²) >= 11 is -2.79. The Hall–Kier alpha value is 1.94. The number of rotatable bonds is 18. The molecule has 374 valence electrons. The monoisotopic (exact) mass is 1180 g/mol. The standard InChI is InChI=1S/C29H63Si6.C26H39.H2S4.Sn/c1-20-24-25(28(32(8,9)10)33(11,12)13)21-23(27(30(2,3)4)31(5,6)7)22-26(24)29(34(14,15)16)35(17,18)19;1-2-24-25(21-14-8-4-9-15-21)18-23(20-12-6-3-7-13-20)19-26(24)22-16-10-5-11-17-22;1-3-4-2;/h21-22,27-29H,1,20H2,2-19H3;18-22H,1-17H2;1-2H;/q;;;+2/p-2. The Morgan fingerprint density at radius 1 is 0.409 bits per heavy atom. The number of benzene rings is 2. The van der Waals surface area contributed by atoms with Crippen LogP contribution in [0.3, 0.4) is 0 Å². The van der Waals surface area contributed by atoms with E-state index in [1.54, 1.807) is 11.1 Å². The van der Waals surface area contributed by atoms with Gasteiger partial charge in [0.05, 0.1) is 0 Å². The van der Waals surface area contributed by atoms with E-state index in [-0.39, 0.29) is 0 Å². The van der Waals surface area contributed by atoms with Crippen LogP contribution in [-0.2, 0) is 12.8 Å². The molecule has 3 saturated carbocycles. The molecule has 3 aliphatic carbocycles. The average molecular weight is 1180 g/mol. The van der Waals surface area contributed by atoms with Gasteiger partial charge >= 0.3 is 438 Å². The van der Waals surface area contributed by atoms with Crippen LogP contribution in [0.25, 0.3) is 0 Å². The van der Waals surface area contributed by atoms with Crippen LogP contribution in [-0.4, -0.2) is 64.1 Å². The van der Waals surface area contributed by atoms with Crippen molar-refractivity contribution < 1.29 is 0 Å². The zero-order valence-corrected chi connectivity index (χ0v) is 58.5. The SMILES string of the molecule is C[Si](C)(C)C(c1cc(C([Si](C)(C)C)[Si](C)(C)C)c(C[CH2][Sn]2([CH2]Cc3c(C4CCCCC4)cc(C4CCCCC4)cc3C3CCCCC3)[S]SS[S]2)c(C([Si](C)(C)C)[Si](C)(C)C)c1)[Si](C)(C)C. The first-order valence-electron chi connectivity index (χ1n) is 27.5. The first-order chi connectivity index (χ1) is 30.5. The van der Waals surface area contributed by atoms with Crippen molar-refractivity contribution in [3.05, 3.63) is 68.8 Å². The Morgan fingerprint density at radius 2 is 0.727 bits per heavy atom. The van der Waals surface area contributed by atoms with E-state index in [0.29, 0.717) is 0 Å². The summed E-state index contributed by atoms with van der Waals surface area (Å²) in [4.78, 5) is 0. The first-order valence-corrected chi connectivity index (χ1v) is 64.9. The van der Waals surface area contributed by atoms with Gasteiger partial charge in [0.15, 0.2) is 0 Å². The summed E-state index contributed by atoms with van der Waals surface area (Å²) in [5, 5.41) is 2.35. The summed E-state index contributed by atoms with van der Waals surface area (Å²) in [6.45, 7) is 49.5.